The maximum atomic E-state index is 12.9. The van der Waals surface area contributed by atoms with Crippen LogP contribution in [0.3, 0.4) is 0 Å². The van der Waals surface area contributed by atoms with Crippen LogP contribution in [0.25, 0.3) is 5.82 Å². The molecular formula is C17H20N4O3. The molecule has 0 unspecified atom stereocenters. The van der Waals surface area contributed by atoms with Gasteiger partial charge in [-0.05, 0) is 38.8 Å². The summed E-state index contributed by atoms with van der Waals surface area (Å²) in [6, 6.07) is 5.62. The van der Waals surface area contributed by atoms with Gasteiger partial charge < -0.3 is 9.64 Å². The lowest BCUT2D eigenvalue weighted by atomic mass is 10.2. The minimum atomic E-state index is -0.382. The summed E-state index contributed by atoms with van der Waals surface area (Å²) in [5.41, 5.74) is 1.19. The molecule has 0 radical (unpaired) electrons. The second-order valence-electron chi connectivity index (χ2n) is 5.71. The van der Waals surface area contributed by atoms with Gasteiger partial charge in [0.25, 0.3) is 5.91 Å². The maximum absolute atomic E-state index is 12.9. The molecule has 2 aromatic rings. The smallest absolute Gasteiger partial charge is 0.325 e. The van der Waals surface area contributed by atoms with Crippen molar-refractivity contribution in [2.45, 2.75) is 32.7 Å². The Labute approximate surface area is 140 Å². The van der Waals surface area contributed by atoms with Gasteiger partial charge in [-0.25, -0.2) is 9.67 Å². The molecule has 0 bridgehead atoms. The molecule has 7 nitrogen and oxygen atoms in total. The molecule has 126 valence electrons. The topological polar surface area (TPSA) is 77.3 Å². The van der Waals surface area contributed by atoms with E-state index < -0.39 is 0 Å². The van der Waals surface area contributed by atoms with E-state index in [1.165, 1.54) is 6.20 Å². The first-order valence-corrected chi connectivity index (χ1v) is 8.04. The van der Waals surface area contributed by atoms with Crippen molar-refractivity contribution in [3.63, 3.8) is 0 Å². The van der Waals surface area contributed by atoms with Gasteiger partial charge in [-0.1, -0.05) is 6.07 Å². The molecule has 1 amide bonds. The van der Waals surface area contributed by atoms with Crippen LogP contribution in [0.15, 0.2) is 30.6 Å². The van der Waals surface area contributed by atoms with Gasteiger partial charge in [0.2, 0.25) is 0 Å². The largest absolute Gasteiger partial charge is 0.465 e. The van der Waals surface area contributed by atoms with Gasteiger partial charge in [0.05, 0.1) is 24.1 Å². The van der Waals surface area contributed by atoms with E-state index in [2.05, 4.69) is 10.1 Å². The number of hydrogen-bond acceptors (Lipinski definition) is 5. The van der Waals surface area contributed by atoms with E-state index in [9.17, 15) is 9.59 Å². The van der Waals surface area contributed by atoms with Crippen LogP contribution in [-0.2, 0) is 9.53 Å². The highest BCUT2D eigenvalue weighted by atomic mass is 16.5. The minimum absolute atomic E-state index is 0.0223. The first-order chi connectivity index (χ1) is 11.6. The molecule has 2 heterocycles. The molecular weight excluding hydrogens is 308 g/mol. The highest BCUT2D eigenvalue weighted by Gasteiger charge is 2.36. The summed E-state index contributed by atoms with van der Waals surface area (Å²) in [6.07, 6.45) is 5.04. The number of carbonyl (C=O) groups excluding carboxylic acids is 2. The normalized spacial score (nSPS) is 13.6. The van der Waals surface area contributed by atoms with Crippen LogP contribution >= 0.6 is 0 Å². The molecule has 1 fully saturated rings. The van der Waals surface area contributed by atoms with E-state index in [1.807, 2.05) is 25.1 Å². The van der Waals surface area contributed by atoms with Crippen molar-refractivity contribution >= 4 is 11.9 Å². The maximum Gasteiger partial charge on any atom is 0.325 e. The van der Waals surface area contributed by atoms with Crippen molar-refractivity contribution in [2.24, 2.45) is 0 Å². The second kappa shape index (κ2) is 6.82. The van der Waals surface area contributed by atoms with E-state index in [1.54, 1.807) is 22.7 Å². The number of aromatic nitrogens is 3. The number of esters is 1. The number of hydrogen-bond donors (Lipinski definition) is 0. The van der Waals surface area contributed by atoms with Crippen LogP contribution in [0.2, 0.25) is 0 Å². The molecule has 2 aromatic heterocycles. The molecule has 0 aliphatic heterocycles. The lowest BCUT2D eigenvalue weighted by Crippen LogP contribution is -2.38. The van der Waals surface area contributed by atoms with Crippen LogP contribution in [0.4, 0.5) is 0 Å². The third kappa shape index (κ3) is 3.29. The van der Waals surface area contributed by atoms with Crippen LogP contribution in [-0.4, -0.2) is 50.7 Å². The fourth-order valence-electron chi connectivity index (χ4n) is 2.58. The number of pyridine rings is 1. The molecule has 0 aromatic carbocycles. The first-order valence-electron chi connectivity index (χ1n) is 8.04. The first kappa shape index (κ1) is 16.2. The Hall–Kier alpha value is -2.70. The number of rotatable bonds is 6. The molecule has 1 aliphatic rings. The summed E-state index contributed by atoms with van der Waals surface area (Å²) in [6.45, 7) is 3.86. The fourth-order valence-corrected chi connectivity index (χ4v) is 2.58. The molecule has 0 spiro atoms. The number of carbonyl (C=O) groups is 2. The van der Waals surface area contributed by atoms with Crippen molar-refractivity contribution in [3.05, 3.63) is 41.9 Å². The van der Waals surface area contributed by atoms with Crippen LogP contribution in [0, 0.1) is 6.92 Å². The van der Waals surface area contributed by atoms with Crippen molar-refractivity contribution < 1.29 is 14.3 Å². The highest BCUT2D eigenvalue weighted by Crippen LogP contribution is 2.29. The molecule has 1 aliphatic carbocycles. The molecule has 7 heteroatoms. The Morgan fingerprint density at radius 2 is 2.17 bits per heavy atom. The van der Waals surface area contributed by atoms with Gasteiger partial charge in [0.1, 0.15) is 6.54 Å². The lowest BCUT2D eigenvalue weighted by Gasteiger charge is -2.21. The van der Waals surface area contributed by atoms with Crippen molar-refractivity contribution in [1.82, 2.24) is 19.7 Å². The van der Waals surface area contributed by atoms with Gasteiger partial charge in [-0.3, -0.25) is 9.59 Å². The molecule has 0 saturated heterocycles. The summed E-state index contributed by atoms with van der Waals surface area (Å²) < 4.78 is 6.61. The van der Waals surface area contributed by atoms with E-state index in [-0.39, 0.29) is 24.5 Å². The van der Waals surface area contributed by atoms with Crippen molar-refractivity contribution in [1.29, 1.82) is 0 Å². The fraction of sp³-hybridized carbons (Fsp3) is 0.412. The number of ether oxygens (including phenoxy) is 1. The lowest BCUT2D eigenvalue weighted by molar-refractivity contribution is -0.144. The van der Waals surface area contributed by atoms with Crippen LogP contribution < -0.4 is 0 Å². The monoisotopic (exact) mass is 328 g/mol. The average Bonchev–Trinajstić information content (AvgIpc) is 3.35. The summed E-state index contributed by atoms with van der Waals surface area (Å²) in [5, 5.41) is 4.28. The standard InChI is InChI=1S/C17H20N4O3/c1-3-24-16(22)11-20(13-7-8-13)17(23)14-10-19-21(12(14)2)15-6-4-5-9-18-15/h4-6,9-10,13H,3,7-8,11H2,1-2H3. The third-order valence-electron chi connectivity index (χ3n) is 3.96. The molecule has 24 heavy (non-hydrogen) atoms. The predicted molar refractivity (Wildman–Crippen MR) is 86.8 cm³/mol. The Balaban J connectivity index is 1.83. The molecule has 0 atom stereocenters. The molecule has 0 N–H and O–H groups in total. The van der Waals surface area contributed by atoms with E-state index in [4.69, 9.17) is 4.74 Å². The zero-order chi connectivity index (χ0) is 17.1. The van der Waals surface area contributed by atoms with Gasteiger partial charge in [0.15, 0.2) is 5.82 Å². The Kier molecular flexibility index (Phi) is 4.59. The summed E-state index contributed by atoms with van der Waals surface area (Å²) in [7, 11) is 0. The Morgan fingerprint density at radius 1 is 1.38 bits per heavy atom. The van der Waals surface area contributed by atoms with Crippen LogP contribution in [0.5, 0.6) is 0 Å². The minimum Gasteiger partial charge on any atom is -0.465 e. The van der Waals surface area contributed by atoms with Gasteiger partial charge in [-0.15, -0.1) is 0 Å². The summed E-state index contributed by atoms with van der Waals surface area (Å²) in [5.74, 6) is 0.0789. The number of nitrogens with zero attached hydrogens (tertiary/aromatic N) is 4. The van der Waals surface area contributed by atoms with Crippen LogP contribution in [0.1, 0.15) is 35.8 Å². The second-order valence-corrected chi connectivity index (χ2v) is 5.71. The summed E-state index contributed by atoms with van der Waals surface area (Å²) in [4.78, 5) is 30.5. The number of amides is 1. The van der Waals surface area contributed by atoms with Gasteiger partial charge >= 0.3 is 5.97 Å². The van der Waals surface area contributed by atoms with E-state index >= 15 is 0 Å². The van der Waals surface area contributed by atoms with Gasteiger partial charge in [-0.2, -0.15) is 5.10 Å². The highest BCUT2D eigenvalue weighted by molar-refractivity contribution is 5.97. The third-order valence-corrected chi connectivity index (χ3v) is 3.96. The summed E-state index contributed by atoms with van der Waals surface area (Å²) >= 11 is 0. The average molecular weight is 328 g/mol. The quantitative estimate of drug-likeness (QED) is 0.755. The van der Waals surface area contributed by atoms with Crippen molar-refractivity contribution in [3.8, 4) is 5.82 Å². The van der Waals surface area contributed by atoms with Crippen molar-refractivity contribution in [2.75, 3.05) is 13.2 Å². The van der Waals surface area contributed by atoms with E-state index in [0.717, 1.165) is 12.8 Å². The zero-order valence-corrected chi connectivity index (χ0v) is 13.8. The van der Waals surface area contributed by atoms with Gasteiger partial charge in [0, 0.05) is 12.2 Å². The van der Waals surface area contributed by atoms with E-state index in [0.29, 0.717) is 23.7 Å². The predicted octanol–water partition coefficient (Wildman–Crippen LogP) is 1.74. The zero-order valence-electron chi connectivity index (χ0n) is 13.8. The molecule has 1 saturated carbocycles. The Bertz CT molecular complexity index is 738. The SMILES string of the molecule is CCOC(=O)CN(C(=O)c1cnn(-c2ccccn2)c1C)C1CC1. The molecule has 3 rings (SSSR count). The Morgan fingerprint density at radius 3 is 2.79 bits per heavy atom.